The Morgan fingerprint density at radius 1 is 1.45 bits per heavy atom. The number of rotatable bonds is 6. The molecule has 0 radical (unpaired) electrons. The summed E-state index contributed by atoms with van der Waals surface area (Å²) in [5.41, 5.74) is 0.731. The minimum Gasteiger partial charge on any atom is -0.497 e. The second kappa shape index (κ2) is 7.33. The van der Waals surface area contributed by atoms with Crippen LogP contribution in [0.25, 0.3) is 0 Å². The zero-order valence-corrected chi connectivity index (χ0v) is 11.9. The summed E-state index contributed by atoms with van der Waals surface area (Å²) in [6.45, 7) is 7.36. The molecule has 20 heavy (non-hydrogen) atoms. The van der Waals surface area contributed by atoms with Gasteiger partial charge in [0.1, 0.15) is 11.8 Å². The topological polar surface area (TPSA) is 58.6 Å². The van der Waals surface area contributed by atoms with Crippen molar-refractivity contribution in [3.8, 4) is 0 Å². The van der Waals surface area contributed by atoms with Gasteiger partial charge in [0.05, 0.1) is 7.11 Å². The molecule has 1 saturated heterocycles. The molecule has 1 rings (SSSR count). The van der Waals surface area contributed by atoms with Crippen molar-refractivity contribution in [2.75, 3.05) is 14.2 Å². The summed E-state index contributed by atoms with van der Waals surface area (Å²) in [7, 11) is 3.34. The molecule has 0 bridgehead atoms. The monoisotopic (exact) mass is 276 g/mol. The largest absolute Gasteiger partial charge is 0.497 e. The Balaban J connectivity index is 2.94. The van der Waals surface area contributed by atoms with Gasteiger partial charge in [-0.1, -0.05) is 19.2 Å². The first-order valence-corrected chi connectivity index (χ1v) is 6.30. The van der Waals surface area contributed by atoms with Crippen LogP contribution in [-0.4, -0.2) is 36.9 Å². The molecule has 108 valence electrons. The molecule has 0 saturated carbocycles. The van der Waals surface area contributed by atoms with Crippen molar-refractivity contribution in [3.05, 3.63) is 48.9 Å². The normalized spacial score (nSPS) is 20.2. The predicted molar refractivity (Wildman–Crippen MR) is 77.5 cm³/mol. The highest BCUT2D eigenvalue weighted by Gasteiger charge is 2.30. The number of carbonyl (C=O) groups is 2. The number of carbonyl (C=O) groups excluding carboxylic acids is 2. The molecule has 0 aromatic carbocycles. The van der Waals surface area contributed by atoms with E-state index in [0.717, 1.165) is 5.70 Å². The molecule has 1 N–H and O–H groups in total. The van der Waals surface area contributed by atoms with Gasteiger partial charge in [0, 0.05) is 25.2 Å². The van der Waals surface area contributed by atoms with Crippen molar-refractivity contribution in [1.29, 1.82) is 0 Å². The first-order valence-electron chi connectivity index (χ1n) is 6.30. The smallest absolute Gasteiger partial charge is 0.249 e. The Kier molecular flexibility index (Phi) is 5.77. The summed E-state index contributed by atoms with van der Waals surface area (Å²) >= 11 is 0. The summed E-state index contributed by atoms with van der Waals surface area (Å²) in [6.07, 6.45) is 7.55. The molecule has 1 unspecified atom stereocenters. The van der Waals surface area contributed by atoms with E-state index in [9.17, 15) is 9.59 Å². The van der Waals surface area contributed by atoms with Crippen LogP contribution in [0.15, 0.2) is 48.9 Å². The van der Waals surface area contributed by atoms with Gasteiger partial charge >= 0.3 is 0 Å². The van der Waals surface area contributed by atoms with Crippen LogP contribution in [-0.2, 0) is 14.3 Å². The first kappa shape index (κ1) is 15.8. The van der Waals surface area contributed by atoms with Crippen molar-refractivity contribution in [1.82, 2.24) is 10.2 Å². The van der Waals surface area contributed by atoms with Gasteiger partial charge in [-0.25, -0.2) is 0 Å². The van der Waals surface area contributed by atoms with Crippen molar-refractivity contribution < 1.29 is 14.3 Å². The van der Waals surface area contributed by atoms with E-state index in [1.54, 1.807) is 43.4 Å². The Labute approximate surface area is 119 Å². The Bertz CT molecular complexity index is 478. The van der Waals surface area contributed by atoms with Crippen molar-refractivity contribution in [2.45, 2.75) is 18.9 Å². The maximum Gasteiger partial charge on any atom is 0.249 e. The number of likely N-dealkylation sites (N-methyl/N-ethyl adjacent to an activating group) is 1. The van der Waals surface area contributed by atoms with Gasteiger partial charge in [-0.2, -0.15) is 0 Å². The van der Waals surface area contributed by atoms with Crippen LogP contribution in [0, 0.1) is 0 Å². The van der Waals surface area contributed by atoms with Gasteiger partial charge in [0.2, 0.25) is 11.8 Å². The van der Waals surface area contributed by atoms with Crippen molar-refractivity contribution in [3.63, 3.8) is 0 Å². The fourth-order valence-electron chi connectivity index (χ4n) is 1.97. The molecule has 1 atom stereocenters. The highest BCUT2D eigenvalue weighted by atomic mass is 16.5. The van der Waals surface area contributed by atoms with Crippen LogP contribution in [0.1, 0.15) is 12.8 Å². The average molecular weight is 276 g/mol. The number of nitrogens with zero attached hydrogens (tertiary/aromatic N) is 1. The second-order valence-electron chi connectivity index (χ2n) is 4.36. The maximum atomic E-state index is 11.9. The molecule has 0 aromatic rings. The number of allylic oxidation sites excluding steroid dienone is 4. The number of methoxy groups -OCH3 is 1. The summed E-state index contributed by atoms with van der Waals surface area (Å²) in [6, 6.07) is -0.390. The molecule has 1 aliphatic heterocycles. The van der Waals surface area contributed by atoms with Crippen LogP contribution in [0.2, 0.25) is 0 Å². The Morgan fingerprint density at radius 2 is 2.15 bits per heavy atom. The fourth-order valence-corrected chi connectivity index (χ4v) is 1.97. The molecule has 1 aliphatic rings. The third-order valence-corrected chi connectivity index (χ3v) is 3.10. The van der Waals surface area contributed by atoms with Crippen LogP contribution in [0.5, 0.6) is 0 Å². The van der Waals surface area contributed by atoms with Crippen LogP contribution < -0.4 is 5.32 Å². The SMILES string of the molecule is C=C/C=C(\C=C(/C=C)N(C)C1CCC(=O)NC1=O)OC. The van der Waals surface area contributed by atoms with Gasteiger partial charge < -0.3 is 9.64 Å². The number of imide groups is 1. The van der Waals surface area contributed by atoms with Crippen molar-refractivity contribution >= 4 is 11.8 Å². The number of hydrogen-bond acceptors (Lipinski definition) is 4. The highest BCUT2D eigenvalue weighted by Crippen LogP contribution is 2.17. The lowest BCUT2D eigenvalue weighted by atomic mass is 10.0. The van der Waals surface area contributed by atoms with Crippen LogP contribution >= 0.6 is 0 Å². The minimum absolute atomic E-state index is 0.229. The Hall–Kier alpha value is -2.30. The van der Waals surface area contributed by atoms with Crippen LogP contribution in [0.3, 0.4) is 0 Å². The van der Waals surface area contributed by atoms with E-state index in [4.69, 9.17) is 4.74 Å². The summed E-state index contributed by atoms with van der Waals surface area (Å²) < 4.78 is 5.19. The molecule has 1 heterocycles. The standard InChI is InChI=1S/C15H20N2O3/c1-5-7-12(20-4)10-11(6-2)17(3)13-8-9-14(18)16-15(13)19/h5-7,10,13H,1-2,8-9H2,3-4H3,(H,16,18,19)/b11-10+,12-7+. The van der Waals surface area contributed by atoms with E-state index in [1.165, 1.54) is 0 Å². The predicted octanol–water partition coefficient (Wildman–Crippen LogP) is 1.51. The van der Waals surface area contributed by atoms with Gasteiger partial charge in [-0.3, -0.25) is 14.9 Å². The molecule has 0 aliphatic carbocycles. The third-order valence-electron chi connectivity index (χ3n) is 3.10. The second-order valence-corrected chi connectivity index (χ2v) is 4.36. The molecule has 2 amide bonds. The lowest BCUT2D eigenvalue weighted by Gasteiger charge is -2.32. The lowest BCUT2D eigenvalue weighted by Crippen LogP contribution is -2.50. The van der Waals surface area contributed by atoms with Gasteiger partial charge in [0.15, 0.2) is 0 Å². The molecule has 5 heteroatoms. The first-order chi connectivity index (χ1) is 9.53. The maximum absolute atomic E-state index is 11.9. The van der Waals surface area contributed by atoms with Crippen molar-refractivity contribution in [2.24, 2.45) is 0 Å². The number of nitrogens with one attached hydrogen (secondary N) is 1. The quantitative estimate of drug-likeness (QED) is 0.454. The molecular weight excluding hydrogens is 256 g/mol. The number of piperidine rings is 1. The van der Waals surface area contributed by atoms with E-state index in [-0.39, 0.29) is 11.8 Å². The van der Waals surface area contributed by atoms with Gasteiger partial charge in [-0.15, -0.1) is 0 Å². The molecule has 0 spiro atoms. The van der Waals surface area contributed by atoms with Gasteiger partial charge in [0.25, 0.3) is 0 Å². The Morgan fingerprint density at radius 3 is 2.65 bits per heavy atom. The lowest BCUT2D eigenvalue weighted by molar-refractivity contribution is -0.136. The zero-order valence-electron chi connectivity index (χ0n) is 11.9. The summed E-state index contributed by atoms with van der Waals surface area (Å²) in [5, 5.41) is 2.34. The number of hydrogen-bond donors (Lipinski definition) is 1. The van der Waals surface area contributed by atoms with E-state index >= 15 is 0 Å². The molecule has 0 aromatic heterocycles. The fraction of sp³-hybridized carbons (Fsp3) is 0.333. The number of ether oxygens (including phenoxy) is 1. The zero-order chi connectivity index (χ0) is 15.1. The van der Waals surface area contributed by atoms with E-state index < -0.39 is 6.04 Å². The van der Waals surface area contributed by atoms with E-state index in [1.807, 2.05) is 0 Å². The van der Waals surface area contributed by atoms with E-state index in [0.29, 0.717) is 18.6 Å². The summed E-state index contributed by atoms with van der Waals surface area (Å²) in [5.74, 6) is 0.0881. The molecule has 1 fully saturated rings. The third kappa shape index (κ3) is 3.85. The van der Waals surface area contributed by atoms with Gasteiger partial charge in [-0.05, 0) is 18.6 Å². The summed E-state index contributed by atoms with van der Waals surface area (Å²) in [4.78, 5) is 24.8. The molecular formula is C15H20N2O3. The minimum atomic E-state index is -0.390. The number of amides is 2. The highest BCUT2D eigenvalue weighted by molar-refractivity contribution is 6.00. The van der Waals surface area contributed by atoms with E-state index in [2.05, 4.69) is 18.5 Å². The average Bonchev–Trinajstić information content (AvgIpc) is 2.42. The molecule has 5 nitrogen and oxygen atoms in total. The van der Waals surface area contributed by atoms with Crippen LogP contribution in [0.4, 0.5) is 0 Å².